The van der Waals surface area contributed by atoms with Crippen molar-refractivity contribution in [2.24, 2.45) is 0 Å². The van der Waals surface area contributed by atoms with E-state index in [0.29, 0.717) is 11.3 Å². The summed E-state index contributed by atoms with van der Waals surface area (Å²) in [6.07, 6.45) is 0. The first-order chi connectivity index (χ1) is 14.5. The summed E-state index contributed by atoms with van der Waals surface area (Å²) < 4.78 is 10.2. The second-order valence-corrected chi connectivity index (χ2v) is 6.29. The number of hydrogen-bond acceptors (Lipinski definition) is 7. The number of carbonyl (C=O) groups is 2. The Morgan fingerprint density at radius 2 is 1.63 bits per heavy atom. The smallest absolute Gasteiger partial charge is 0.349 e. The molecule has 0 saturated carbocycles. The monoisotopic (exact) mass is 407 g/mol. The van der Waals surface area contributed by atoms with E-state index in [2.05, 4.69) is 16.7 Å². The molecule has 2 rings (SSSR count). The number of nitrogens with one attached hydrogen (secondary N) is 2. The summed E-state index contributed by atoms with van der Waals surface area (Å²) in [6.45, 7) is 5.42. The molecule has 156 valence electrons. The highest BCUT2D eigenvalue weighted by Gasteiger charge is 2.27. The number of rotatable bonds is 9. The lowest BCUT2D eigenvalue weighted by molar-refractivity contribution is -0.146. The number of esters is 2. The molecule has 0 spiro atoms. The Bertz CT molecular complexity index is 928. The number of benzene rings is 2. The van der Waals surface area contributed by atoms with Crippen LogP contribution in [0.2, 0.25) is 0 Å². The molecule has 0 saturated heterocycles. The summed E-state index contributed by atoms with van der Waals surface area (Å²) in [6, 6.07) is 18.1. The zero-order chi connectivity index (χ0) is 21.9. The van der Waals surface area contributed by atoms with E-state index in [4.69, 9.17) is 14.7 Å². The highest BCUT2D eigenvalue weighted by molar-refractivity contribution is 6.15. The average Bonchev–Trinajstić information content (AvgIpc) is 2.75. The van der Waals surface area contributed by atoms with Crippen LogP contribution >= 0.6 is 0 Å². The SMILES string of the molecule is CCOC(=O)C(C(=O)OCC)=C(Nc1cccc(C#N)c1)NC(C)c1ccccc1. The minimum Gasteiger partial charge on any atom is -0.462 e. The first kappa shape index (κ1) is 22.5. The van der Waals surface area contributed by atoms with E-state index in [9.17, 15) is 9.59 Å². The standard InChI is InChI=1S/C23H25N3O4/c1-4-29-22(27)20(23(28)30-5-2)21(25-16(3)18-11-7-6-8-12-18)26-19-13-9-10-17(14-19)15-24/h6-14,16,25-26H,4-5H2,1-3H3. The third-order valence-electron chi connectivity index (χ3n) is 4.13. The van der Waals surface area contributed by atoms with Crippen molar-refractivity contribution < 1.29 is 19.1 Å². The molecule has 0 bridgehead atoms. The van der Waals surface area contributed by atoms with Gasteiger partial charge in [0.25, 0.3) is 0 Å². The molecule has 7 heteroatoms. The van der Waals surface area contributed by atoms with Gasteiger partial charge in [-0.15, -0.1) is 0 Å². The van der Waals surface area contributed by atoms with Crippen molar-refractivity contribution in [3.05, 3.63) is 77.1 Å². The van der Waals surface area contributed by atoms with Gasteiger partial charge < -0.3 is 20.1 Å². The van der Waals surface area contributed by atoms with Crippen LogP contribution in [-0.4, -0.2) is 25.2 Å². The van der Waals surface area contributed by atoms with Gasteiger partial charge in [-0.3, -0.25) is 0 Å². The summed E-state index contributed by atoms with van der Waals surface area (Å²) in [5, 5.41) is 15.4. The van der Waals surface area contributed by atoms with Crippen LogP contribution in [-0.2, 0) is 19.1 Å². The second-order valence-electron chi connectivity index (χ2n) is 6.29. The Morgan fingerprint density at radius 3 is 2.20 bits per heavy atom. The van der Waals surface area contributed by atoms with Gasteiger partial charge in [0, 0.05) is 11.7 Å². The molecule has 2 N–H and O–H groups in total. The molecule has 1 atom stereocenters. The van der Waals surface area contributed by atoms with Gasteiger partial charge in [-0.2, -0.15) is 5.26 Å². The minimum absolute atomic E-state index is 0.104. The van der Waals surface area contributed by atoms with Crippen LogP contribution in [0.3, 0.4) is 0 Å². The van der Waals surface area contributed by atoms with E-state index in [0.717, 1.165) is 5.56 Å². The third kappa shape index (κ3) is 6.11. The normalized spacial score (nSPS) is 10.9. The number of nitriles is 1. The molecule has 0 aromatic heterocycles. The second kappa shape index (κ2) is 11.3. The summed E-state index contributed by atoms with van der Waals surface area (Å²) >= 11 is 0. The number of anilines is 1. The summed E-state index contributed by atoms with van der Waals surface area (Å²) in [4.78, 5) is 25.2. The highest BCUT2D eigenvalue weighted by Crippen LogP contribution is 2.19. The number of hydrogen-bond donors (Lipinski definition) is 2. The molecular weight excluding hydrogens is 382 g/mol. The Kier molecular flexibility index (Phi) is 8.45. The summed E-state index contributed by atoms with van der Waals surface area (Å²) in [7, 11) is 0. The first-order valence-corrected chi connectivity index (χ1v) is 9.67. The minimum atomic E-state index is -0.803. The van der Waals surface area contributed by atoms with Gasteiger partial charge in [0.15, 0.2) is 5.57 Å². The van der Waals surface area contributed by atoms with Crippen molar-refractivity contribution in [1.29, 1.82) is 5.26 Å². The molecule has 0 amide bonds. The molecule has 0 aliphatic rings. The Balaban J connectivity index is 2.52. The lowest BCUT2D eigenvalue weighted by Gasteiger charge is -2.22. The van der Waals surface area contributed by atoms with Crippen LogP contribution in [0.4, 0.5) is 5.69 Å². The molecule has 30 heavy (non-hydrogen) atoms. The van der Waals surface area contributed by atoms with Crippen LogP contribution in [0.15, 0.2) is 66.0 Å². The van der Waals surface area contributed by atoms with Gasteiger partial charge in [-0.25, -0.2) is 9.59 Å². The third-order valence-corrected chi connectivity index (χ3v) is 4.13. The van der Waals surface area contributed by atoms with Gasteiger partial charge in [-0.1, -0.05) is 36.4 Å². The maximum Gasteiger partial charge on any atom is 0.349 e. The number of nitrogens with zero attached hydrogens (tertiary/aromatic N) is 1. The highest BCUT2D eigenvalue weighted by atomic mass is 16.6. The molecule has 0 fully saturated rings. The van der Waals surface area contributed by atoms with E-state index in [1.807, 2.05) is 37.3 Å². The van der Waals surface area contributed by atoms with Crippen LogP contribution in [0.25, 0.3) is 0 Å². The maximum absolute atomic E-state index is 12.6. The van der Waals surface area contributed by atoms with Crippen molar-refractivity contribution in [1.82, 2.24) is 5.32 Å². The fourth-order valence-electron chi connectivity index (χ4n) is 2.72. The van der Waals surface area contributed by atoms with Crippen molar-refractivity contribution >= 4 is 17.6 Å². The van der Waals surface area contributed by atoms with Gasteiger partial charge in [0.2, 0.25) is 0 Å². The lowest BCUT2D eigenvalue weighted by atomic mass is 10.1. The van der Waals surface area contributed by atoms with Gasteiger partial charge in [-0.05, 0) is 44.5 Å². The van der Waals surface area contributed by atoms with Crippen LogP contribution in [0.5, 0.6) is 0 Å². The first-order valence-electron chi connectivity index (χ1n) is 9.67. The van der Waals surface area contributed by atoms with Crippen molar-refractivity contribution in [2.75, 3.05) is 18.5 Å². The van der Waals surface area contributed by atoms with E-state index in [1.165, 1.54) is 0 Å². The fourth-order valence-corrected chi connectivity index (χ4v) is 2.72. The average molecular weight is 407 g/mol. The zero-order valence-electron chi connectivity index (χ0n) is 17.3. The largest absolute Gasteiger partial charge is 0.462 e. The topological polar surface area (TPSA) is 100 Å². The molecule has 2 aromatic rings. The molecule has 2 aromatic carbocycles. The molecular formula is C23H25N3O4. The molecule has 0 radical (unpaired) electrons. The van der Waals surface area contributed by atoms with E-state index in [-0.39, 0.29) is 30.6 Å². The van der Waals surface area contributed by atoms with Gasteiger partial charge in [0.05, 0.1) is 24.8 Å². The van der Waals surface area contributed by atoms with E-state index in [1.54, 1.807) is 38.1 Å². The molecule has 0 aliphatic heterocycles. The Hall–Kier alpha value is -3.79. The number of carbonyl (C=O) groups excluding carboxylic acids is 2. The predicted octanol–water partition coefficient (Wildman–Crippen LogP) is 3.66. The Labute approximate surface area is 176 Å². The maximum atomic E-state index is 12.6. The van der Waals surface area contributed by atoms with Crippen LogP contribution < -0.4 is 10.6 Å². The van der Waals surface area contributed by atoms with Crippen molar-refractivity contribution in [2.45, 2.75) is 26.8 Å². The Morgan fingerprint density at radius 1 is 1.00 bits per heavy atom. The molecule has 0 aliphatic carbocycles. The quantitative estimate of drug-likeness (QED) is 0.283. The molecule has 7 nitrogen and oxygen atoms in total. The van der Waals surface area contributed by atoms with E-state index >= 15 is 0 Å². The number of ether oxygens (including phenoxy) is 2. The lowest BCUT2D eigenvalue weighted by Crippen LogP contribution is -2.31. The fraction of sp³-hybridized carbons (Fsp3) is 0.261. The summed E-state index contributed by atoms with van der Waals surface area (Å²) in [5.41, 5.74) is 1.64. The molecule has 0 heterocycles. The zero-order valence-corrected chi connectivity index (χ0v) is 17.3. The van der Waals surface area contributed by atoms with E-state index < -0.39 is 11.9 Å². The van der Waals surface area contributed by atoms with Gasteiger partial charge >= 0.3 is 11.9 Å². The van der Waals surface area contributed by atoms with Crippen LogP contribution in [0, 0.1) is 11.3 Å². The molecule has 1 unspecified atom stereocenters. The predicted molar refractivity (Wildman–Crippen MR) is 113 cm³/mol. The van der Waals surface area contributed by atoms with Crippen LogP contribution in [0.1, 0.15) is 37.9 Å². The summed E-state index contributed by atoms with van der Waals surface area (Å²) in [5.74, 6) is -1.47. The van der Waals surface area contributed by atoms with Crippen molar-refractivity contribution in [3.8, 4) is 6.07 Å². The van der Waals surface area contributed by atoms with Gasteiger partial charge in [0.1, 0.15) is 5.82 Å². The van der Waals surface area contributed by atoms with Crippen molar-refractivity contribution in [3.63, 3.8) is 0 Å².